The third-order valence-corrected chi connectivity index (χ3v) is 4.09. The lowest BCUT2D eigenvalue weighted by Crippen LogP contribution is -2.41. The van der Waals surface area contributed by atoms with Gasteiger partial charge in [0.05, 0.1) is 31.2 Å². The number of nitriles is 1. The second-order valence-corrected chi connectivity index (χ2v) is 6.26. The Kier molecular flexibility index (Phi) is 6.03. The van der Waals surface area contributed by atoms with E-state index in [1.54, 1.807) is 42.5 Å². The van der Waals surface area contributed by atoms with Crippen molar-refractivity contribution in [3.8, 4) is 17.6 Å². The number of ether oxygens (including phenoxy) is 2. The number of rotatable bonds is 6. The number of methoxy groups -OCH3 is 2. The van der Waals surface area contributed by atoms with Crippen LogP contribution in [0.4, 0.5) is 11.4 Å². The van der Waals surface area contributed by atoms with E-state index < -0.39 is 17.2 Å². The van der Waals surface area contributed by atoms with Crippen LogP contribution in [0, 0.1) is 16.7 Å². The number of hydrogen-bond donors (Lipinski definition) is 2. The lowest BCUT2D eigenvalue weighted by Gasteiger charge is -2.23. The topological polar surface area (TPSA) is 100 Å². The zero-order valence-corrected chi connectivity index (χ0v) is 15.6. The van der Waals surface area contributed by atoms with Gasteiger partial charge in [0.15, 0.2) is 0 Å². The molecule has 0 heterocycles. The van der Waals surface area contributed by atoms with Crippen LogP contribution in [0.2, 0.25) is 0 Å². The van der Waals surface area contributed by atoms with Gasteiger partial charge in [-0.15, -0.1) is 0 Å². The van der Waals surface area contributed by atoms with Crippen LogP contribution in [0.3, 0.4) is 0 Å². The summed E-state index contributed by atoms with van der Waals surface area (Å²) < 4.78 is 10.4. The Hall–Kier alpha value is -3.53. The highest BCUT2D eigenvalue weighted by atomic mass is 16.5. The Morgan fingerprint density at radius 2 is 1.59 bits per heavy atom. The van der Waals surface area contributed by atoms with Gasteiger partial charge in [0.2, 0.25) is 11.8 Å². The number of para-hydroxylation sites is 1. The third-order valence-electron chi connectivity index (χ3n) is 4.09. The van der Waals surface area contributed by atoms with Crippen LogP contribution in [0.5, 0.6) is 11.5 Å². The van der Waals surface area contributed by atoms with Crippen molar-refractivity contribution in [1.29, 1.82) is 5.26 Å². The fourth-order valence-corrected chi connectivity index (χ4v) is 2.25. The summed E-state index contributed by atoms with van der Waals surface area (Å²) in [4.78, 5) is 25.4. The summed E-state index contributed by atoms with van der Waals surface area (Å²) in [6, 6.07) is 13.5. The van der Waals surface area contributed by atoms with Gasteiger partial charge < -0.3 is 20.1 Å². The Bertz CT molecular complexity index is 900. The Balaban J connectivity index is 2.19. The van der Waals surface area contributed by atoms with E-state index in [1.807, 2.05) is 6.07 Å². The normalized spacial score (nSPS) is 10.5. The lowest BCUT2D eigenvalue weighted by molar-refractivity contribution is -0.135. The summed E-state index contributed by atoms with van der Waals surface area (Å²) in [6.45, 7) is 3.01. The summed E-state index contributed by atoms with van der Waals surface area (Å²) in [5.41, 5.74) is -0.304. The van der Waals surface area contributed by atoms with E-state index in [4.69, 9.17) is 14.7 Å². The molecule has 2 N–H and O–H groups in total. The van der Waals surface area contributed by atoms with E-state index in [0.29, 0.717) is 28.4 Å². The molecule has 2 amide bonds. The Morgan fingerprint density at radius 1 is 0.963 bits per heavy atom. The molecule has 7 nitrogen and oxygen atoms in total. The molecule has 0 aliphatic carbocycles. The number of benzene rings is 2. The second-order valence-electron chi connectivity index (χ2n) is 6.26. The van der Waals surface area contributed by atoms with Crippen molar-refractivity contribution in [2.45, 2.75) is 13.8 Å². The van der Waals surface area contributed by atoms with Crippen LogP contribution in [0.25, 0.3) is 0 Å². The molecule has 27 heavy (non-hydrogen) atoms. The zero-order valence-electron chi connectivity index (χ0n) is 15.6. The van der Waals surface area contributed by atoms with E-state index in [0.717, 1.165) is 0 Å². The Morgan fingerprint density at radius 3 is 2.19 bits per heavy atom. The second kappa shape index (κ2) is 8.23. The molecule has 0 aromatic heterocycles. The molecule has 2 rings (SSSR count). The monoisotopic (exact) mass is 367 g/mol. The maximum Gasteiger partial charge on any atom is 0.239 e. The van der Waals surface area contributed by atoms with Gasteiger partial charge in [-0.05, 0) is 38.1 Å². The molecule has 0 aliphatic heterocycles. The van der Waals surface area contributed by atoms with Gasteiger partial charge >= 0.3 is 0 Å². The number of nitrogens with zero attached hydrogens (tertiary/aromatic N) is 1. The number of anilines is 2. The highest BCUT2D eigenvalue weighted by Crippen LogP contribution is 2.31. The molecular formula is C20H21N3O4. The summed E-state index contributed by atoms with van der Waals surface area (Å²) >= 11 is 0. The molecule has 0 bridgehead atoms. The van der Waals surface area contributed by atoms with Crippen molar-refractivity contribution in [2.75, 3.05) is 24.9 Å². The number of amides is 2. The summed E-state index contributed by atoms with van der Waals surface area (Å²) in [6.07, 6.45) is 0. The summed E-state index contributed by atoms with van der Waals surface area (Å²) in [5.74, 6) is -0.0585. The molecule has 0 saturated heterocycles. The predicted octanol–water partition coefficient (Wildman–Crippen LogP) is 3.18. The molecular weight excluding hydrogens is 346 g/mol. The number of carbonyl (C=O) groups excluding carboxylic acids is 2. The average Bonchev–Trinajstić information content (AvgIpc) is 2.68. The lowest BCUT2D eigenvalue weighted by atomic mass is 9.90. The Labute approximate surface area is 157 Å². The molecule has 0 saturated carbocycles. The smallest absolute Gasteiger partial charge is 0.239 e. The quantitative estimate of drug-likeness (QED) is 0.764. The molecule has 2 aromatic carbocycles. The number of nitrogens with one attached hydrogen (secondary N) is 2. The first-order valence-corrected chi connectivity index (χ1v) is 8.17. The van der Waals surface area contributed by atoms with Gasteiger partial charge in [0.1, 0.15) is 23.0 Å². The van der Waals surface area contributed by atoms with E-state index >= 15 is 0 Å². The maximum atomic E-state index is 12.7. The molecule has 0 radical (unpaired) electrons. The van der Waals surface area contributed by atoms with Crippen LogP contribution in [0.15, 0.2) is 42.5 Å². The van der Waals surface area contributed by atoms with E-state index in [9.17, 15) is 9.59 Å². The van der Waals surface area contributed by atoms with Crippen LogP contribution in [0.1, 0.15) is 19.4 Å². The number of hydrogen-bond acceptors (Lipinski definition) is 5. The minimum atomic E-state index is -1.40. The molecule has 2 aromatic rings. The first kappa shape index (κ1) is 19.8. The fraction of sp³-hybridized carbons (Fsp3) is 0.250. The molecule has 0 spiro atoms. The van der Waals surface area contributed by atoms with Crippen molar-refractivity contribution in [3.05, 3.63) is 48.0 Å². The van der Waals surface area contributed by atoms with Gasteiger partial charge in [0.25, 0.3) is 0 Å². The molecule has 0 aliphatic rings. The van der Waals surface area contributed by atoms with Gasteiger partial charge in [-0.3, -0.25) is 9.59 Å². The first-order chi connectivity index (χ1) is 12.8. The molecule has 0 atom stereocenters. The van der Waals surface area contributed by atoms with Crippen molar-refractivity contribution >= 4 is 23.2 Å². The SMILES string of the molecule is COc1ccc(NC(=O)C(C)(C)C(=O)Nc2ccccc2C#N)c(OC)c1. The van der Waals surface area contributed by atoms with Gasteiger partial charge in [-0.25, -0.2) is 0 Å². The van der Waals surface area contributed by atoms with Crippen LogP contribution >= 0.6 is 0 Å². The van der Waals surface area contributed by atoms with Crippen LogP contribution < -0.4 is 20.1 Å². The van der Waals surface area contributed by atoms with Gasteiger partial charge in [-0.1, -0.05) is 12.1 Å². The van der Waals surface area contributed by atoms with E-state index in [2.05, 4.69) is 10.6 Å². The van der Waals surface area contributed by atoms with Crippen LogP contribution in [-0.2, 0) is 9.59 Å². The summed E-state index contributed by atoms with van der Waals surface area (Å²) in [7, 11) is 3.00. The zero-order chi connectivity index (χ0) is 20.0. The van der Waals surface area contributed by atoms with Crippen molar-refractivity contribution in [3.63, 3.8) is 0 Å². The standard InChI is InChI=1S/C20H21N3O4/c1-20(2,18(24)22-15-8-6-5-7-13(15)12-21)19(25)23-16-10-9-14(26-3)11-17(16)27-4/h5-11H,1-4H3,(H,22,24)(H,23,25). The van der Waals surface area contributed by atoms with Crippen LogP contribution in [-0.4, -0.2) is 26.0 Å². The predicted molar refractivity (Wildman–Crippen MR) is 102 cm³/mol. The minimum Gasteiger partial charge on any atom is -0.497 e. The highest BCUT2D eigenvalue weighted by molar-refractivity contribution is 6.14. The minimum absolute atomic E-state index is 0.318. The van der Waals surface area contributed by atoms with Gasteiger partial charge in [-0.2, -0.15) is 5.26 Å². The van der Waals surface area contributed by atoms with E-state index in [1.165, 1.54) is 28.1 Å². The molecule has 140 valence electrons. The first-order valence-electron chi connectivity index (χ1n) is 8.17. The van der Waals surface area contributed by atoms with Crippen molar-refractivity contribution in [1.82, 2.24) is 0 Å². The number of carbonyl (C=O) groups is 2. The largest absolute Gasteiger partial charge is 0.497 e. The van der Waals surface area contributed by atoms with Gasteiger partial charge in [0, 0.05) is 6.07 Å². The average molecular weight is 367 g/mol. The third kappa shape index (κ3) is 4.36. The molecule has 7 heteroatoms. The van der Waals surface area contributed by atoms with E-state index in [-0.39, 0.29) is 0 Å². The highest BCUT2D eigenvalue weighted by Gasteiger charge is 2.37. The van der Waals surface area contributed by atoms with Crippen molar-refractivity contribution in [2.24, 2.45) is 5.41 Å². The molecule has 0 unspecified atom stereocenters. The molecule has 0 fully saturated rings. The fourth-order valence-electron chi connectivity index (χ4n) is 2.25. The maximum absolute atomic E-state index is 12.7. The van der Waals surface area contributed by atoms with Crippen molar-refractivity contribution < 1.29 is 19.1 Å². The summed E-state index contributed by atoms with van der Waals surface area (Å²) in [5, 5.41) is 14.5.